The second-order valence-corrected chi connectivity index (χ2v) is 18.4. The molecule has 8 heterocycles. The Morgan fingerprint density at radius 1 is 0.329 bits per heavy atom. The van der Waals surface area contributed by atoms with Crippen LogP contribution in [0.4, 0.5) is 0 Å². The van der Waals surface area contributed by atoms with Crippen LogP contribution < -0.4 is 0 Å². The highest BCUT2D eigenvalue weighted by atomic mass is 16.3. The Kier molecular flexibility index (Phi) is 8.20. The lowest BCUT2D eigenvalue weighted by molar-refractivity contribution is 0.616. The third kappa shape index (κ3) is 5.75. The lowest BCUT2D eigenvalue weighted by Crippen LogP contribution is -2.11. The van der Waals surface area contributed by atoms with Crippen LogP contribution in [0.25, 0.3) is 145 Å². The Morgan fingerprint density at radius 2 is 0.795 bits per heavy atom. The molecule has 0 N–H and O–H groups in total. The van der Waals surface area contributed by atoms with Gasteiger partial charge in [0.25, 0.3) is 0 Å². The van der Waals surface area contributed by atoms with Crippen LogP contribution in [0.3, 0.4) is 0 Å². The Balaban J connectivity index is 0.961. The van der Waals surface area contributed by atoms with Crippen molar-refractivity contribution >= 4 is 98.2 Å². The zero-order chi connectivity index (χ0) is 47.7. The maximum Gasteiger partial charge on any atom is 0.240 e. The van der Waals surface area contributed by atoms with E-state index >= 15 is 0 Å². The molecule has 8 aromatic heterocycles. The van der Waals surface area contributed by atoms with Gasteiger partial charge in [0, 0.05) is 60.2 Å². The maximum atomic E-state index is 5.81. The fourth-order valence-electron chi connectivity index (χ4n) is 11.3. The van der Waals surface area contributed by atoms with Gasteiger partial charge in [-0.3, -0.25) is 18.3 Å². The molecule has 16 rings (SSSR count). The number of rotatable bonds is 6. The molecule has 0 bridgehead atoms. The monoisotopic (exact) mass is 936 g/mol. The molecule has 0 aliphatic carbocycles. The van der Waals surface area contributed by atoms with Crippen molar-refractivity contribution in [1.82, 2.24) is 48.2 Å². The van der Waals surface area contributed by atoms with E-state index < -0.39 is 0 Å². The van der Waals surface area contributed by atoms with Crippen LogP contribution in [0.15, 0.2) is 223 Å². The molecular formula is C62H36N10O. The van der Waals surface area contributed by atoms with Gasteiger partial charge in [0.15, 0.2) is 5.82 Å². The van der Waals surface area contributed by atoms with E-state index in [1.54, 1.807) is 12.5 Å². The molecule has 0 aliphatic heterocycles. The van der Waals surface area contributed by atoms with Gasteiger partial charge in [0.2, 0.25) is 17.7 Å². The molecule has 11 heteroatoms. The molecule has 0 radical (unpaired) electrons. The Hall–Kier alpha value is -10.3. The summed E-state index contributed by atoms with van der Waals surface area (Å²) in [4.78, 5) is 31.8. The summed E-state index contributed by atoms with van der Waals surface area (Å²) in [6.45, 7) is 0. The van der Waals surface area contributed by atoms with E-state index in [-0.39, 0.29) is 0 Å². The molecule has 0 aliphatic rings. The average molecular weight is 937 g/mol. The van der Waals surface area contributed by atoms with Crippen LogP contribution in [-0.2, 0) is 0 Å². The Bertz CT molecular complexity index is 4720. The van der Waals surface area contributed by atoms with Crippen molar-refractivity contribution in [3.05, 3.63) is 219 Å². The van der Waals surface area contributed by atoms with E-state index in [9.17, 15) is 0 Å². The summed E-state index contributed by atoms with van der Waals surface area (Å²) in [7, 11) is 0. The minimum Gasteiger partial charge on any atom is -0.464 e. The van der Waals surface area contributed by atoms with Crippen molar-refractivity contribution in [2.45, 2.75) is 0 Å². The third-order valence-electron chi connectivity index (χ3n) is 14.4. The van der Waals surface area contributed by atoms with Crippen LogP contribution in [0, 0.1) is 0 Å². The summed E-state index contributed by atoms with van der Waals surface area (Å²) in [5.41, 5.74) is 10.6. The number of para-hydroxylation sites is 6. The molecule has 16 aromatic rings. The Morgan fingerprint density at radius 3 is 1.32 bits per heavy atom. The second kappa shape index (κ2) is 15.1. The van der Waals surface area contributed by atoms with Crippen LogP contribution in [0.2, 0.25) is 0 Å². The summed E-state index contributed by atoms with van der Waals surface area (Å²) in [6.07, 6.45) is 3.53. The number of fused-ring (bicyclic) bond motifs is 14. The van der Waals surface area contributed by atoms with Crippen LogP contribution >= 0.6 is 0 Å². The number of furan rings is 1. The van der Waals surface area contributed by atoms with Crippen LogP contribution in [-0.4, -0.2) is 48.2 Å². The highest BCUT2D eigenvalue weighted by Crippen LogP contribution is 2.42. The van der Waals surface area contributed by atoms with Crippen molar-refractivity contribution in [1.29, 1.82) is 0 Å². The fraction of sp³-hybridized carbons (Fsp3) is 0. The summed E-state index contributed by atoms with van der Waals surface area (Å²) in [5.74, 6) is 3.04. The molecule has 0 spiro atoms. The zero-order valence-corrected chi connectivity index (χ0v) is 38.7. The van der Waals surface area contributed by atoms with Gasteiger partial charge in [0.1, 0.15) is 17.2 Å². The van der Waals surface area contributed by atoms with Gasteiger partial charge in [0.05, 0.1) is 56.1 Å². The predicted octanol–water partition coefficient (Wildman–Crippen LogP) is 14.5. The van der Waals surface area contributed by atoms with E-state index in [1.165, 1.54) is 0 Å². The van der Waals surface area contributed by atoms with E-state index in [1.807, 2.05) is 12.1 Å². The van der Waals surface area contributed by atoms with Gasteiger partial charge < -0.3 is 4.42 Å². The van der Waals surface area contributed by atoms with Gasteiger partial charge in [-0.2, -0.15) is 15.0 Å². The van der Waals surface area contributed by atoms with Gasteiger partial charge in [-0.05, 0) is 66.7 Å². The zero-order valence-electron chi connectivity index (χ0n) is 38.7. The van der Waals surface area contributed by atoms with Crippen molar-refractivity contribution < 1.29 is 4.42 Å². The third-order valence-corrected chi connectivity index (χ3v) is 14.4. The SMILES string of the molecule is c1cc(-c2ccc3ccoc3c2)nc(-n2c3ccccc3c3ccc4c5ccccc5n(-c5ccnc(-c6nc(-n7c8ccccc8c8ccccc87)nc(-n7c8ccccc8c8ccccc87)n6)n5)c4c32)c1. The normalized spacial score (nSPS) is 12.1. The van der Waals surface area contributed by atoms with E-state index in [0.29, 0.717) is 29.4 Å². The van der Waals surface area contributed by atoms with Gasteiger partial charge >= 0.3 is 0 Å². The van der Waals surface area contributed by atoms with Crippen molar-refractivity contribution in [2.24, 2.45) is 0 Å². The van der Waals surface area contributed by atoms with Crippen molar-refractivity contribution in [3.63, 3.8) is 0 Å². The molecule has 0 amide bonds. The molecule has 0 saturated heterocycles. The molecular weight excluding hydrogens is 901 g/mol. The largest absolute Gasteiger partial charge is 0.464 e. The van der Waals surface area contributed by atoms with Crippen molar-refractivity contribution in [2.75, 3.05) is 0 Å². The standard InChI is InChI=1S/C62H36N10O/c1-7-21-48-39(14-1)40-15-2-8-22-49(40)69(48)61-66-60(67-62(68-61)70-50-23-9-3-16-41(50)42-17-4-10-24-51(42)70)59-63-34-32-56(65-59)72-53-26-12-6-19-44(53)46-31-30-45-43-18-5-11-25-52(43)71(57(45)58(46)72)55-27-13-20-47(64-55)38-29-28-37-33-35-73-54(37)36-38/h1-36H. The first-order valence-electron chi connectivity index (χ1n) is 24.2. The lowest BCUT2D eigenvalue weighted by atomic mass is 10.1. The number of hydrogen-bond acceptors (Lipinski definition) is 7. The summed E-state index contributed by atoms with van der Waals surface area (Å²) in [6, 6.07) is 71.4. The topological polar surface area (TPSA) is 110 Å². The Labute approximate surface area is 414 Å². The number of hydrogen-bond donors (Lipinski definition) is 0. The molecule has 73 heavy (non-hydrogen) atoms. The minimum absolute atomic E-state index is 0.333. The molecule has 340 valence electrons. The molecule has 0 saturated carbocycles. The van der Waals surface area contributed by atoms with E-state index in [0.717, 1.165) is 115 Å². The summed E-state index contributed by atoms with van der Waals surface area (Å²) < 4.78 is 14.6. The quantitative estimate of drug-likeness (QED) is 0.163. The highest BCUT2D eigenvalue weighted by Gasteiger charge is 2.25. The van der Waals surface area contributed by atoms with Gasteiger partial charge in [-0.15, -0.1) is 0 Å². The number of benzene rings is 8. The average Bonchev–Trinajstić information content (AvgIpc) is 4.28. The van der Waals surface area contributed by atoms with E-state index in [2.05, 4.69) is 212 Å². The first-order chi connectivity index (χ1) is 36.2. The molecule has 0 unspecified atom stereocenters. The number of nitrogens with zero attached hydrogens (tertiary/aromatic N) is 10. The minimum atomic E-state index is 0.333. The first-order valence-corrected chi connectivity index (χ1v) is 24.2. The smallest absolute Gasteiger partial charge is 0.240 e. The summed E-state index contributed by atoms with van der Waals surface area (Å²) >= 11 is 0. The molecule has 8 aromatic carbocycles. The highest BCUT2D eigenvalue weighted by molar-refractivity contribution is 6.24. The predicted molar refractivity (Wildman–Crippen MR) is 291 cm³/mol. The molecule has 0 atom stereocenters. The first kappa shape index (κ1) is 39.6. The lowest BCUT2D eigenvalue weighted by Gasteiger charge is -2.14. The van der Waals surface area contributed by atoms with Gasteiger partial charge in [-0.1, -0.05) is 140 Å². The van der Waals surface area contributed by atoms with Crippen molar-refractivity contribution in [3.8, 4) is 46.4 Å². The van der Waals surface area contributed by atoms with Crippen LogP contribution in [0.5, 0.6) is 0 Å². The van der Waals surface area contributed by atoms with E-state index in [4.69, 9.17) is 34.3 Å². The van der Waals surface area contributed by atoms with Crippen LogP contribution in [0.1, 0.15) is 0 Å². The summed E-state index contributed by atoms with van der Waals surface area (Å²) in [5, 5.41) is 9.83. The molecule has 0 fully saturated rings. The number of pyridine rings is 1. The van der Waals surface area contributed by atoms with Gasteiger partial charge in [-0.25, -0.2) is 15.0 Å². The number of aromatic nitrogens is 10. The molecule has 11 nitrogen and oxygen atoms in total. The maximum absolute atomic E-state index is 5.81. The second-order valence-electron chi connectivity index (χ2n) is 18.4. The fourth-order valence-corrected chi connectivity index (χ4v) is 11.3.